The second kappa shape index (κ2) is 6.48. The van der Waals surface area contributed by atoms with Gasteiger partial charge in [0.25, 0.3) is 5.56 Å². The lowest BCUT2D eigenvalue weighted by molar-refractivity contribution is 0.0898. The minimum atomic E-state index is -0.0599. The van der Waals surface area contributed by atoms with Crippen molar-refractivity contribution >= 4 is 21.6 Å². The van der Waals surface area contributed by atoms with Gasteiger partial charge in [0.05, 0.1) is 24.0 Å². The Morgan fingerprint density at radius 1 is 1.48 bits per heavy atom. The molecule has 2 unspecified atom stereocenters. The van der Waals surface area contributed by atoms with Crippen LogP contribution in [-0.4, -0.2) is 28.5 Å². The molecule has 0 bridgehead atoms. The molecule has 1 aliphatic carbocycles. The van der Waals surface area contributed by atoms with E-state index in [4.69, 9.17) is 4.74 Å². The molecular formula is C15H22BrN3O2. The van der Waals surface area contributed by atoms with E-state index in [0.717, 1.165) is 31.6 Å². The summed E-state index contributed by atoms with van der Waals surface area (Å²) in [5.41, 5.74) is 0.726. The minimum absolute atomic E-state index is 0.0599. The van der Waals surface area contributed by atoms with Crippen LogP contribution in [0.3, 0.4) is 0 Å². The first-order valence-electron chi connectivity index (χ1n) is 7.84. The van der Waals surface area contributed by atoms with Crippen molar-refractivity contribution in [3.8, 4) is 0 Å². The molecule has 2 atom stereocenters. The molecular weight excluding hydrogens is 334 g/mol. The average Bonchev–Trinajstić information content (AvgIpc) is 3.23. The molecule has 1 saturated heterocycles. The molecule has 116 valence electrons. The van der Waals surface area contributed by atoms with E-state index in [1.54, 1.807) is 6.20 Å². The van der Waals surface area contributed by atoms with Crippen LogP contribution in [0.25, 0.3) is 0 Å². The predicted molar refractivity (Wildman–Crippen MR) is 85.6 cm³/mol. The third-order valence-electron chi connectivity index (χ3n) is 4.27. The SMILES string of the molecule is CCCCn1ncc(NC2CCOC2C2CC2)c(Br)c1=O. The van der Waals surface area contributed by atoms with Gasteiger partial charge in [-0.3, -0.25) is 4.79 Å². The van der Waals surface area contributed by atoms with E-state index >= 15 is 0 Å². The van der Waals surface area contributed by atoms with Crippen molar-refractivity contribution < 1.29 is 4.74 Å². The maximum absolute atomic E-state index is 12.3. The molecule has 1 aromatic rings. The standard InChI is InChI=1S/C15H22BrN3O2/c1-2-3-7-19-15(20)13(16)12(9-17-19)18-11-6-8-21-14(11)10-4-5-10/h9-11,14,18H,2-8H2,1H3. The molecule has 1 aliphatic heterocycles. The second-order valence-corrected chi connectivity index (χ2v) is 6.76. The Kier molecular flexibility index (Phi) is 4.64. The quantitative estimate of drug-likeness (QED) is 0.852. The number of ether oxygens (including phenoxy) is 1. The molecule has 1 saturated carbocycles. The van der Waals surface area contributed by atoms with E-state index in [9.17, 15) is 4.79 Å². The van der Waals surface area contributed by atoms with Gasteiger partial charge in [-0.05, 0) is 47.5 Å². The molecule has 3 rings (SSSR count). The van der Waals surface area contributed by atoms with Gasteiger partial charge in [-0.25, -0.2) is 4.68 Å². The number of aromatic nitrogens is 2. The van der Waals surface area contributed by atoms with Crippen LogP contribution in [0.1, 0.15) is 39.0 Å². The summed E-state index contributed by atoms with van der Waals surface area (Å²) in [6, 6.07) is 0.293. The van der Waals surface area contributed by atoms with E-state index in [1.165, 1.54) is 17.5 Å². The number of aryl methyl sites for hydroxylation is 1. The Balaban J connectivity index is 1.73. The van der Waals surface area contributed by atoms with Crippen LogP contribution in [0.4, 0.5) is 5.69 Å². The highest BCUT2D eigenvalue weighted by atomic mass is 79.9. The van der Waals surface area contributed by atoms with Crippen LogP contribution < -0.4 is 10.9 Å². The monoisotopic (exact) mass is 355 g/mol. The Hall–Kier alpha value is -0.880. The Labute approximate surface area is 133 Å². The zero-order chi connectivity index (χ0) is 14.8. The van der Waals surface area contributed by atoms with Crippen molar-refractivity contribution in [3.05, 3.63) is 21.0 Å². The van der Waals surface area contributed by atoms with Gasteiger partial charge in [0, 0.05) is 13.2 Å². The number of halogens is 1. The first-order chi connectivity index (χ1) is 10.2. The summed E-state index contributed by atoms with van der Waals surface area (Å²) in [6.45, 7) is 3.58. The fourth-order valence-corrected chi connectivity index (χ4v) is 3.31. The van der Waals surface area contributed by atoms with Gasteiger partial charge in [-0.2, -0.15) is 5.10 Å². The lowest BCUT2D eigenvalue weighted by atomic mass is 10.1. The van der Waals surface area contributed by atoms with Gasteiger partial charge < -0.3 is 10.1 Å². The topological polar surface area (TPSA) is 56.1 Å². The number of nitrogens with zero attached hydrogens (tertiary/aromatic N) is 2. The molecule has 2 fully saturated rings. The maximum Gasteiger partial charge on any atom is 0.283 e. The summed E-state index contributed by atoms with van der Waals surface area (Å²) >= 11 is 3.43. The highest BCUT2D eigenvalue weighted by molar-refractivity contribution is 9.10. The smallest absolute Gasteiger partial charge is 0.283 e. The van der Waals surface area contributed by atoms with E-state index in [0.29, 0.717) is 29.1 Å². The molecule has 6 heteroatoms. The Morgan fingerprint density at radius 3 is 3.00 bits per heavy atom. The third kappa shape index (κ3) is 3.31. The molecule has 2 heterocycles. The third-order valence-corrected chi connectivity index (χ3v) is 5.04. The molecule has 2 aliphatic rings. The Morgan fingerprint density at radius 2 is 2.29 bits per heavy atom. The molecule has 0 spiro atoms. The maximum atomic E-state index is 12.3. The number of rotatable bonds is 6. The molecule has 0 aromatic carbocycles. The minimum Gasteiger partial charge on any atom is -0.377 e. The average molecular weight is 356 g/mol. The van der Waals surface area contributed by atoms with Gasteiger partial charge in [0.2, 0.25) is 0 Å². The Bertz CT molecular complexity index is 556. The van der Waals surface area contributed by atoms with Crippen molar-refractivity contribution in [2.24, 2.45) is 5.92 Å². The van der Waals surface area contributed by atoms with Crippen LogP contribution in [-0.2, 0) is 11.3 Å². The van der Waals surface area contributed by atoms with Crippen LogP contribution in [0.5, 0.6) is 0 Å². The van der Waals surface area contributed by atoms with Crippen molar-refractivity contribution in [2.45, 2.75) is 57.7 Å². The lowest BCUT2D eigenvalue weighted by Gasteiger charge is -2.21. The summed E-state index contributed by atoms with van der Waals surface area (Å²) in [5, 5.41) is 7.73. The van der Waals surface area contributed by atoms with Gasteiger partial charge in [0.1, 0.15) is 4.47 Å². The summed E-state index contributed by atoms with van der Waals surface area (Å²) < 4.78 is 7.94. The van der Waals surface area contributed by atoms with Crippen molar-refractivity contribution in [3.63, 3.8) is 0 Å². The normalized spacial score (nSPS) is 25.2. The van der Waals surface area contributed by atoms with Crippen molar-refractivity contribution in [1.82, 2.24) is 9.78 Å². The van der Waals surface area contributed by atoms with Crippen LogP contribution in [0, 0.1) is 5.92 Å². The zero-order valence-electron chi connectivity index (χ0n) is 12.3. The van der Waals surface area contributed by atoms with Crippen LogP contribution in [0.2, 0.25) is 0 Å². The van der Waals surface area contributed by atoms with Gasteiger partial charge >= 0.3 is 0 Å². The first-order valence-corrected chi connectivity index (χ1v) is 8.63. The fourth-order valence-electron chi connectivity index (χ4n) is 2.89. The van der Waals surface area contributed by atoms with E-state index in [-0.39, 0.29) is 5.56 Å². The first kappa shape index (κ1) is 15.0. The molecule has 0 radical (unpaired) electrons. The van der Waals surface area contributed by atoms with Gasteiger partial charge in [0.15, 0.2) is 0 Å². The molecule has 1 N–H and O–H groups in total. The van der Waals surface area contributed by atoms with Crippen molar-refractivity contribution in [1.29, 1.82) is 0 Å². The van der Waals surface area contributed by atoms with Crippen LogP contribution in [0.15, 0.2) is 15.5 Å². The number of hydrogen-bond acceptors (Lipinski definition) is 4. The summed E-state index contributed by atoms with van der Waals surface area (Å²) in [6.07, 6.45) is 7.58. The van der Waals surface area contributed by atoms with E-state index in [2.05, 4.69) is 33.3 Å². The lowest BCUT2D eigenvalue weighted by Crippen LogP contribution is -2.32. The highest BCUT2D eigenvalue weighted by Crippen LogP contribution is 2.39. The van der Waals surface area contributed by atoms with E-state index < -0.39 is 0 Å². The summed E-state index contributed by atoms with van der Waals surface area (Å²) in [4.78, 5) is 12.3. The molecule has 21 heavy (non-hydrogen) atoms. The fraction of sp³-hybridized carbons (Fsp3) is 0.733. The van der Waals surface area contributed by atoms with Crippen LogP contribution >= 0.6 is 15.9 Å². The van der Waals surface area contributed by atoms with E-state index in [1.807, 2.05) is 0 Å². The van der Waals surface area contributed by atoms with Gasteiger partial charge in [-0.1, -0.05) is 13.3 Å². The molecule has 1 aromatic heterocycles. The summed E-state index contributed by atoms with van der Waals surface area (Å²) in [7, 11) is 0. The van der Waals surface area contributed by atoms with Crippen molar-refractivity contribution in [2.75, 3.05) is 11.9 Å². The number of anilines is 1. The van der Waals surface area contributed by atoms with Gasteiger partial charge in [-0.15, -0.1) is 0 Å². The molecule has 5 nitrogen and oxygen atoms in total. The second-order valence-electron chi connectivity index (χ2n) is 5.97. The number of unbranched alkanes of at least 4 members (excludes halogenated alkanes) is 1. The largest absolute Gasteiger partial charge is 0.377 e. The zero-order valence-corrected chi connectivity index (χ0v) is 13.9. The highest BCUT2D eigenvalue weighted by Gasteiger charge is 2.40. The number of nitrogens with one attached hydrogen (secondary N) is 1. The molecule has 0 amide bonds. The number of hydrogen-bond donors (Lipinski definition) is 1. The summed E-state index contributed by atoms with van der Waals surface area (Å²) in [5.74, 6) is 0.696. The predicted octanol–water partition coefficient (Wildman–Crippen LogP) is 2.79.